The van der Waals surface area contributed by atoms with E-state index in [9.17, 15) is 4.79 Å². The average molecular weight is 276 g/mol. The molecule has 4 heteroatoms. The maximum atomic E-state index is 10.8. The van der Waals surface area contributed by atoms with Crippen LogP contribution >= 0.6 is 22.6 Å². The fourth-order valence-corrected chi connectivity index (χ4v) is 1.66. The Bertz CT molecular complexity index is 312. The molecule has 1 amide bonds. The molecule has 0 fully saturated rings. The first kappa shape index (κ1) is 9.31. The van der Waals surface area contributed by atoms with Gasteiger partial charge in [-0.25, -0.2) is 0 Å². The zero-order valence-corrected chi connectivity index (χ0v) is 8.75. The van der Waals surface area contributed by atoms with Crippen molar-refractivity contribution in [3.8, 4) is 0 Å². The number of carbonyl (C=O) groups excluding carboxylic acids is 1. The van der Waals surface area contributed by atoms with Crippen LogP contribution < -0.4 is 11.1 Å². The number of carbonyl (C=O) groups is 1. The number of hydrogen-bond donors (Lipinski definition) is 2. The molecule has 0 aliphatic carbocycles. The predicted octanol–water partition coefficient (Wildman–Crippen LogP) is 1.43. The molecule has 0 saturated heterocycles. The molecular weight excluding hydrogens is 267 g/mol. The molecule has 0 aliphatic heterocycles. The standard InChI is InChI=1S/C8H9IN2O/c1-11-7-3-2-5(8(10)12)4-6(7)9/h2-4,11H,1H3,(H2,10,12). The zero-order chi connectivity index (χ0) is 9.14. The number of hydrogen-bond acceptors (Lipinski definition) is 2. The summed E-state index contributed by atoms with van der Waals surface area (Å²) < 4.78 is 0.992. The number of rotatable bonds is 2. The van der Waals surface area contributed by atoms with E-state index in [4.69, 9.17) is 5.73 Å². The topological polar surface area (TPSA) is 55.1 Å². The molecule has 64 valence electrons. The Morgan fingerprint density at radius 3 is 2.67 bits per heavy atom. The first-order chi connectivity index (χ1) is 5.65. The molecule has 12 heavy (non-hydrogen) atoms. The molecule has 0 spiro atoms. The van der Waals surface area contributed by atoms with Crippen molar-refractivity contribution in [2.45, 2.75) is 0 Å². The van der Waals surface area contributed by atoms with Crippen LogP contribution in [0.5, 0.6) is 0 Å². The Balaban J connectivity index is 3.10. The maximum Gasteiger partial charge on any atom is 0.248 e. The molecule has 0 unspecified atom stereocenters. The molecule has 1 aromatic rings. The molecule has 0 radical (unpaired) electrons. The van der Waals surface area contributed by atoms with Crippen molar-refractivity contribution in [1.82, 2.24) is 0 Å². The van der Waals surface area contributed by atoms with E-state index in [1.807, 2.05) is 13.1 Å². The fourth-order valence-electron chi connectivity index (χ4n) is 0.871. The van der Waals surface area contributed by atoms with Crippen molar-refractivity contribution in [3.63, 3.8) is 0 Å². The van der Waals surface area contributed by atoms with Gasteiger partial charge in [0.05, 0.1) is 0 Å². The van der Waals surface area contributed by atoms with Crippen LogP contribution in [0.3, 0.4) is 0 Å². The van der Waals surface area contributed by atoms with Crippen molar-refractivity contribution < 1.29 is 4.79 Å². The summed E-state index contributed by atoms with van der Waals surface area (Å²) in [4.78, 5) is 10.8. The summed E-state index contributed by atoms with van der Waals surface area (Å²) in [5.41, 5.74) is 6.65. The van der Waals surface area contributed by atoms with Gasteiger partial charge >= 0.3 is 0 Å². The summed E-state index contributed by atoms with van der Waals surface area (Å²) in [5.74, 6) is -0.393. The van der Waals surface area contributed by atoms with E-state index in [1.165, 1.54) is 0 Å². The third-order valence-electron chi connectivity index (χ3n) is 1.52. The minimum atomic E-state index is -0.393. The smallest absolute Gasteiger partial charge is 0.248 e. The Labute approximate surface area is 84.5 Å². The first-order valence-electron chi connectivity index (χ1n) is 3.42. The second-order valence-corrected chi connectivity index (χ2v) is 3.47. The Kier molecular flexibility index (Phi) is 2.91. The third-order valence-corrected chi connectivity index (χ3v) is 2.42. The summed E-state index contributed by atoms with van der Waals surface area (Å²) in [6.45, 7) is 0. The summed E-state index contributed by atoms with van der Waals surface area (Å²) in [6, 6.07) is 5.30. The molecule has 0 aromatic heterocycles. The van der Waals surface area contributed by atoms with Gasteiger partial charge < -0.3 is 11.1 Å². The van der Waals surface area contributed by atoms with Crippen LogP contribution in [-0.4, -0.2) is 13.0 Å². The molecule has 0 atom stereocenters. The summed E-state index contributed by atoms with van der Waals surface area (Å²) in [7, 11) is 1.83. The molecule has 1 aromatic carbocycles. The van der Waals surface area contributed by atoms with E-state index in [1.54, 1.807) is 12.1 Å². The van der Waals surface area contributed by atoms with E-state index in [2.05, 4.69) is 27.9 Å². The van der Waals surface area contributed by atoms with Gasteiger partial charge in [-0.15, -0.1) is 0 Å². The van der Waals surface area contributed by atoms with Crippen LogP contribution in [0.25, 0.3) is 0 Å². The highest BCUT2D eigenvalue weighted by Gasteiger charge is 2.02. The largest absolute Gasteiger partial charge is 0.387 e. The zero-order valence-electron chi connectivity index (χ0n) is 6.60. The highest BCUT2D eigenvalue weighted by atomic mass is 127. The van der Waals surface area contributed by atoms with Gasteiger partial charge in [0.1, 0.15) is 0 Å². The normalized spacial score (nSPS) is 9.50. The lowest BCUT2D eigenvalue weighted by Gasteiger charge is -2.03. The highest BCUT2D eigenvalue weighted by Crippen LogP contribution is 2.18. The van der Waals surface area contributed by atoms with E-state index < -0.39 is 5.91 Å². The molecule has 0 aliphatic rings. The van der Waals surface area contributed by atoms with Crippen LogP contribution in [-0.2, 0) is 0 Å². The molecular formula is C8H9IN2O. The number of halogens is 1. The molecule has 3 nitrogen and oxygen atoms in total. The van der Waals surface area contributed by atoms with Crippen molar-refractivity contribution in [1.29, 1.82) is 0 Å². The number of amides is 1. The van der Waals surface area contributed by atoms with Crippen molar-refractivity contribution >= 4 is 34.2 Å². The van der Waals surface area contributed by atoms with E-state index in [0.717, 1.165) is 9.26 Å². The number of benzene rings is 1. The predicted molar refractivity (Wildman–Crippen MR) is 57.2 cm³/mol. The molecule has 3 N–H and O–H groups in total. The Morgan fingerprint density at radius 2 is 2.25 bits per heavy atom. The lowest BCUT2D eigenvalue weighted by Crippen LogP contribution is -2.11. The van der Waals surface area contributed by atoms with Gasteiger partial charge in [-0.2, -0.15) is 0 Å². The second kappa shape index (κ2) is 3.75. The number of primary amides is 1. The number of anilines is 1. The quantitative estimate of drug-likeness (QED) is 0.803. The van der Waals surface area contributed by atoms with E-state index in [-0.39, 0.29) is 0 Å². The van der Waals surface area contributed by atoms with Crippen molar-refractivity contribution in [2.24, 2.45) is 5.73 Å². The van der Waals surface area contributed by atoms with E-state index in [0.29, 0.717) is 5.56 Å². The van der Waals surface area contributed by atoms with Gasteiger partial charge in [0.2, 0.25) is 5.91 Å². The summed E-state index contributed by atoms with van der Waals surface area (Å²) >= 11 is 2.15. The second-order valence-electron chi connectivity index (χ2n) is 2.31. The lowest BCUT2D eigenvalue weighted by molar-refractivity contribution is 0.100. The highest BCUT2D eigenvalue weighted by molar-refractivity contribution is 14.1. The third kappa shape index (κ3) is 1.88. The van der Waals surface area contributed by atoms with Gasteiger partial charge in [0.25, 0.3) is 0 Å². The monoisotopic (exact) mass is 276 g/mol. The fraction of sp³-hybridized carbons (Fsp3) is 0.125. The van der Waals surface area contributed by atoms with Crippen LogP contribution in [0.1, 0.15) is 10.4 Å². The van der Waals surface area contributed by atoms with E-state index >= 15 is 0 Å². The Morgan fingerprint density at radius 1 is 1.58 bits per heavy atom. The number of nitrogens with one attached hydrogen (secondary N) is 1. The van der Waals surface area contributed by atoms with Gasteiger partial charge in [-0.05, 0) is 40.8 Å². The maximum absolute atomic E-state index is 10.8. The van der Waals surface area contributed by atoms with Crippen LogP contribution in [0, 0.1) is 3.57 Å². The molecule has 0 heterocycles. The van der Waals surface area contributed by atoms with Gasteiger partial charge in [-0.1, -0.05) is 0 Å². The van der Waals surface area contributed by atoms with Crippen molar-refractivity contribution in [3.05, 3.63) is 27.3 Å². The van der Waals surface area contributed by atoms with Crippen LogP contribution in [0.15, 0.2) is 18.2 Å². The van der Waals surface area contributed by atoms with Crippen LogP contribution in [0.4, 0.5) is 5.69 Å². The molecule has 1 rings (SSSR count). The summed E-state index contributed by atoms with van der Waals surface area (Å²) in [5, 5.41) is 3.00. The Hall–Kier alpha value is -0.780. The number of nitrogens with two attached hydrogens (primary N) is 1. The SMILES string of the molecule is CNc1ccc(C(N)=O)cc1I. The van der Waals surface area contributed by atoms with Crippen molar-refractivity contribution in [2.75, 3.05) is 12.4 Å². The lowest BCUT2D eigenvalue weighted by atomic mass is 10.2. The first-order valence-corrected chi connectivity index (χ1v) is 4.50. The van der Waals surface area contributed by atoms with Gasteiger partial charge in [0, 0.05) is 21.9 Å². The van der Waals surface area contributed by atoms with Crippen LogP contribution in [0.2, 0.25) is 0 Å². The van der Waals surface area contributed by atoms with Gasteiger partial charge in [-0.3, -0.25) is 4.79 Å². The average Bonchev–Trinajstić information content (AvgIpc) is 2.04. The minimum absolute atomic E-state index is 0.393. The summed E-state index contributed by atoms with van der Waals surface area (Å²) in [6.07, 6.45) is 0. The van der Waals surface area contributed by atoms with Gasteiger partial charge in [0.15, 0.2) is 0 Å². The molecule has 0 bridgehead atoms. The molecule has 0 saturated carbocycles. The minimum Gasteiger partial charge on any atom is -0.387 e.